The van der Waals surface area contributed by atoms with Crippen LogP contribution in [-0.2, 0) is 11.2 Å². The lowest BCUT2D eigenvalue weighted by Crippen LogP contribution is -2.50. The van der Waals surface area contributed by atoms with Gasteiger partial charge in [0.2, 0.25) is 5.91 Å². The summed E-state index contributed by atoms with van der Waals surface area (Å²) in [4.78, 5) is 25.6. The molecule has 0 saturated heterocycles. The first-order chi connectivity index (χ1) is 13.2. The second kappa shape index (κ2) is 9.91. The molecule has 4 heteroatoms. The lowest BCUT2D eigenvalue weighted by atomic mass is 10.0. The summed E-state index contributed by atoms with van der Waals surface area (Å²) in [5.74, 6) is -0.303. The summed E-state index contributed by atoms with van der Waals surface area (Å²) in [6, 6.07) is 18.5. The molecule has 1 aliphatic carbocycles. The zero-order valence-electron chi connectivity index (χ0n) is 15.7. The number of carbonyl (C=O) groups excluding carboxylic acids is 2. The van der Waals surface area contributed by atoms with E-state index in [-0.39, 0.29) is 17.9 Å². The molecule has 3 rings (SSSR count). The molecule has 1 fully saturated rings. The van der Waals surface area contributed by atoms with Gasteiger partial charge in [-0.05, 0) is 30.5 Å². The van der Waals surface area contributed by atoms with E-state index in [1.54, 1.807) is 12.1 Å². The van der Waals surface area contributed by atoms with Gasteiger partial charge in [0.25, 0.3) is 5.91 Å². The van der Waals surface area contributed by atoms with Crippen LogP contribution in [0, 0.1) is 0 Å². The van der Waals surface area contributed by atoms with Crippen LogP contribution in [-0.4, -0.2) is 23.9 Å². The molecule has 1 atom stereocenters. The fraction of sp³-hybridized carbons (Fsp3) is 0.391. The Labute approximate surface area is 161 Å². The number of nitrogens with one attached hydrogen (secondary N) is 2. The fourth-order valence-electron chi connectivity index (χ4n) is 3.62. The van der Waals surface area contributed by atoms with E-state index in [9.17, 15) is 9.59 Å². The molecule has 0 spiro atoms. The Bertz CT molecular complexity index is 723. The van der Waals surface area contributed by atoms with E-state index >= 15 is 0 Å². The molecule has 1 saturated carbocycles. The van der Waals surface area contributed by atoms with Crippen LogP contribution in [0.15, 0.2) is 60.7 Å². The summed E-state index contributed by atoms with van der Waals surface area (Å²) in [5.41, 5.74) is 1.60. The van der Waals surface area contributed by atoms with Crippen LogP contribution in [0.5, 0.6) is 0 Å². The highest BCUT2D eigenvalue weighted by molar-refractivity contribution is 5.97. The van der Waals surface area contributed by atoms with Crippen LogP contribution in [0.4, 0.5) is 0 Å². The normalized spacial score (nSPS) is 16.1. The number of benzene rings is 2. The Kier molecular flexibility index (Phi) is 7.03. The van der Waals surface area contributed by atoms with Gasteiger partial charge in [0, 0.05) is 18.0 Å². The summed E-state index contributed by atoms with van der Waals surface area (Å²) in [5, 5.41) is 6.12. The maximum atomic E-state index is 13.0. The van der Waals surface area contributed by atoms with Crippen molar-refractivity contribution in [3.05, 3.63) is 71.8 Å². The minimum atomic E-state index is -0.580. The van der Waals surface area contributed by atoms with E-state index in [1.165, 1.54) is 12.8 Å². The third kappa shape index (κ3) is 5.95. The lowest BCUT2D eigenvalue weighted by molar-refractivity contribution is -0.123. The Balaban J connectivity index is 1.70. The van der Waals surface area contributed by atoms with E-state index < -0.39 is 6.04 Å². The monoisotopic (exact) mass is 364 g/mol. The summed E-state index contributed by atoms with van der Waals surface area (Å²) in [6.45, 7) is 0. The van der Waals surface area contributed by atoms with Crippen LogP contribution in [0.1, 0.15) is 54.4 Å². The number of carbonyl (C=O) groups is 2. The molecule has 27 heavy (non-hydrogen) atoms. The van der Waals surface area contributed by atoms with Crippen LogP contribution in [0.2, 0.25) is 0 Å². The second-order valence-corrected chi connectivity index (χ2v) is 7.28. The Hall–Kier alpha value is -2.62. The van der Waals surface area contributed by atoms with Gasteiger partial charge < -0.3 is 10.6 Å². The molecule has 2 N–H and O–H groups in total. The molecule has 0 heterocycles. The number of hydrogen-bond acceptors (Lipinski definition) is 2. The van der Waals surface area contributed by atoms with Crippen LogP contribution in [0.3, 0.4) is 0 Å². The molecule has 2 amide bonds. The molecule has 4 nitrogen and oxygen atoms in total. The van der Waals surface area contributed by atoms with Crippen molar-refractivity contribution in [3.8, 4) is 0 Å². The van der Waals surface area contributed by atoms with Crippen molar-refractivity contribution in [1.29, 1.82) is 0 Å². The van der Waals surface area contributed by atoms with E-state index in [4.69, 9.17) is 0 Å². The molecule has 0 radical (unpaired) electrons. The predicted molar refractivity (Wildman–Crippen MR) is 107 cm³/mol. The van der Waals surface area contributed by atoms with E-state index in [0.717, 1.165) is 31.2 Å². The molecule has 142 valence electrons. The predicted octanol–water partition coefficient (Wildman–Crippen LogP) is 3.87. The summed E-state index contributed by atoms with van der Waals surface area (Å²) >= 11 is 0. The number of rotatable bonds is 6. The highest BCUT2D eigenvalue weighted by atomic mass is 16.2. The molecule has 0 unspecified atom stereocenters. The average Bonchev–Trinajstić information content (AvgIpc) is 2.97. The SMILES string of the molecule is O=C(N[C@H](Cc1ccccc1)C(=O)NC1CCCCCC1)c1ccccc1. The maximum absolute atomic E-state index is 13.0. The minimum Gasteiger partial charge on any atom is -0.352 e. The summed E-state index contributed by atoms with van der Waals surface area (Å²) < 4.78 is 0. The van der Waals surface area contributed by atoms with Gasteiger partial charge in [0.15, 0.2) is 0 Å². The van der Waals surface area contributed by atoms with Crippen molar-refractivity contribution in [2.24, 2.45) is 0 Å². The third-order valence-corrected chi connectivity index (χ3v) is 5.14. The van der Waals surface area contributed by atoms with Crippen molar-refractivity contribution in [1.82, 2.24) is 10.6 Å². The highest BCUT2D eigenvalue weighted by Crippen LogP contribution is 2.17. The van der Waals surface area contributed by atoms with Crippen LogP contribution >= 0.6 is 0 Å². The van der Waals surface area contributed by atoms with E-state index in [2.05, 4.69) is 10.6 Å². The molecule has 0 bridgehead atoms. The van der Waals surface area contributed by atoms with Gasteiger partial charge in [-0.1, -0.05) is 74.2 Å². The van der Waals surface area contributed by atoms with Crippen molar-refractivity contribution in [3.63, 3.8) is 0 Å². The minimum absolute atomic E-state index is 0.0879. The van der Waals surface area contributed by atoms with E-state index in [1.807, 2.05) is 48.5 Å². The van der Waals surface area contributed by atoms with E-state index in [0.29, 0.717) is 12.0 Å². The number of amides is 2. The quantitative estimate of drug-likeness (QED) is 0.765. The zero-order valence-corrected chi connectivity index (χ0v) is 15.7. The standard InChI is InChI=1S/C23H28N2O2/c26-22(19-13-7-4-8-14-19)25-21(17-18-11-5-3-6-12-18)23(27)24-20-15-9-1-2-10-16-20/h3-8,11-14,20-21H,1-2,9-10,15-17H2,(H,24,27)(H,25,26)/t21-/m1/s1. The Morgan fingerprint density at radius 3 is 2.07 bits per heavy atom. The molecule has 0 aromatic heterocycles. The van der Waals surface area contributed by atoms with Gasteiger partial charge in [0.05, 0.1) is 0 Å². The first kappa shape index (κ1) is 19.2. The Morgan fingerprint density at radius 1 is 0.852 bits per heavy atom. The molecule has 0 aliphatic heterocycles. The van der Waals surface area contributed by atoms with Gasteiger partial charge in [-0.15, -0.1) is 0 Å². The van der Waals surface area contributed by atoms with Gasteiger partial charge in [-0.25, -0.2) is 0 Å². The molecule has 1 aliphatic rings. The molecular formula is C23H28N2O2. The smallest absolute Gasteiger partial charge is 0.251 e. The van der Waals surface area contributed by atoms with Gasteiger partial charge in [-0.2, -0.15) is 0 Å². The third-order valence-electron chi connectivity index (χ3n) is 5.14. The van der Waals surface area contributed by atoms with Crippen molar-refractivity contribution < 1.29 is 9.59 Å². The molecule has 2 aromatic carbocycles. The first-order valence-corrected chi connectivity index (χ1v) is 9.92. The highest BCUT2D eigenvalue weighted by Gasteiger charge is 2.24. The van der Waals surface area contributed by atoms with Crippen molar-refractivity contribution >= 4 is 11.8 Å². The van der Waals surface area contributed by atoms with Crippen molar-refractivity contribution in [2.45, 2.75) is 57.0 Å². The van der Waals surface area contributed by atoms with Crippen LogP contribution < -0.4 is 10.6 Å². The topological polar surface area (TPSA) is 58.2 Å². The molecular weight excluding hydrogens is 336 g/mol. The zero-order chi connectivity index (χ0) is 18.9. The first-order valence-electron chi connectivity index (χ1n) is 9.92. The summed E-state index contributed by atoms with van der Waals surface area (Å²) in [7, 11) is 0. The fourth-order valence-corrected chi connectivity index (χ4v) is 3.62. The van der Waals surface area contributed by atoms with Crippen molar-refractivity contribution in [2.75, 3.05) is 0 Å². The van der Waals surface area contributed by atoms with Gasteiger partial charge in [0.1, 0.15) is 6.04 Å². The number of hydrogen-bond donors (Lipinski definition) is 2. The maximum Gasteiger partial charge on any atom is 0.251 e. The Morgan fingerprint density at radius 2 is 1.44 bits per heavy atom. The van der Waals surface area contributed by atoms with Gasteiger partial charge in [-0.3, -0.25) is 9.59 Å². The second-order valence-electron chi connectivity index (χ2n) is 7.28. The molecule has 2 aromatic rings. The summed E-state index contributed by atoms with van der Waals surface area (Å²) in [6.07, 6.45) is 7.33. The van der Waals surface area contributed by atoms with Gasteiger partial charge >= 0.3 is 0 Å². The van der Waals surface area contributed by atoms with Crippen LogP contribution in [0.25, 0.3) is 0 Å². The lowest BCUT2D eigenvalue weighted by Gasteiger charge is -2.23. The average molecular weight is 364 g/mol. The largest absolute Gasteiger partial charge is 0.352 e.